The van der Waals surface area contributed by atoms with Crippen molar-refractivity contribution in [1.29, 1.82) is 0 Å². The van der Waals surface area contributed by atoms with E-state index in [2.05, 4.69) is 81.2 Å². The number of aliphatic hydroxyl groups excluding tert-OH is 1. The van der Waals surface area contributed by atoms with Crippen LogP contribution >= 0.6 is 0 Å². The van der Waals surface area contributed by atoms with Gasteiger partial charge in [0.1, 0.15) is 11.3 Å². The molecular formula is C29H30IrNO3-. The number of aliphatic hydroxyl groups is 1. The fourth-order valence-electron chi connectivity index (χ4n) is 3.58. The van der Waals surface area contributed by atoms with Crippen molar-refractivity contribution < 1.29 is 34.4 Å². The van der Waals surface area contributed by atoms with Crippen LogP contribution < -0.4 is 0 Å². The van der Waals surface area contributed by atoms with Gasteiger partial charge in [0.15, 0.2) is 5.78 Å². The monoisotopic (exact) mass is 633 g/mol. The Hall–Kier alpha value is -3.01. The Morgan fingerprint density at radius 1 is 1.06 bits per heavy atom. The molecule has 4 nitrogen and oxygen atoms in total. The van der Waals surface area contributed by atoms with E-state index in [0.29, 0.717) is 5.92 Å². The molecule has 0 bridgehead atoms. The second kappa shape index (κ2) is 11.9. The first-order chi connectivity index (χ1) is 15.6. The van der Waals surface area contributed by atoms with E-state index in [-0.39, 0.29) is 31.6 Å². The van der Waals surface area contributed by atoms with Crippen LogP contribution in [0.15, 0.2) is 71.0 Å². The maximum atomic E-state index is 10.0. The molecule has 1 N–H and O–H groups in total. The maximum absolute atomic E-state index is 10.0. The Balaban J connectivity index is 0.000000449. The normalized spacial score (nSPS) is 11.1. The van der Waals surface area contributed by atoms with Gasteiger partial charge in [-0.25, -0.2) is 0 Å². The van der Waals surface area contributed by atoms with E-state index in [9.17, 15) is 4.79 Å². The Morgan fingerprint density at radius 3 is 2.26 bits per heavy atom. The molecule has 4 rings (SSSR count). The molecule has 0 saturated heterocycles. The SMILES string of the molecule is CC(=O)/C=C(/C)O.Cc1[c-]c(-c2cc3oc(-c4ccc(C(C)C)cc4)cc3cn2)cc(C)c1.[Ir]. The van der Waals surface area contributed by atoms with Gasteiger partial charge in [-0.15, -0.1) is 34.9 Å². The van der Waals surface area contributed by atoms with Crippen molar-refractivity contribution in [3.05, 3.63) is 89.3 Å². The molecule has 5 heteroatoms. The fourth-order valence-corrected chi connectivity index (χ4v) is 3.58. The molecule has 2 aromatic carbocycles. The number of carbonyl (C=O) groups excluding carboxylic acids is 1. The van der Waals surface area contributed by atoms with Crippen molar-refractivity contribution in [1.82, 2.24) is 4.98 Å². The molecule has 0 aliphatic carbocycles. The van der Waals surface area contributed by atoms with Crippen LogP contribution in [0.25, 0.3) is 33.6 Å². The standard InChI is InChI=1S/C24H22NO.C5H8O2.Ir/c1-15(2)18-5-7-19(8-6-18)23-12-21-14-25-22(13-24(21)26-23)20-10-16(3)9-17(4)11-20;1-4(6)3-5(2)7;/h5-10,12-15H,1-4H3;3,6H,1-2H3;/q-1;;/b;4-3-;. The largest absolute Gasteiger partial charge is 0.512 e. The molecule has 34 heavy (non-hydrogen) atoms. The molecule has 2 heterocycles. The summed E-state index contributed by atoms with van der Waals surface area (Å²) in [6.07, 6.45) is 3.05. The number of furan rings is 1. The minimum atomic E-state index is -0.125. The Labute approximate surface area is 215 Å². The third-order valence-electron chi connectivity index (χ3n) is 5.10. The predicted octanol–water partition coefficient (Wildman–Crippen LogP) is 7.74. The van der Waals surface area contributed by atoms with Crippen molar-refractivity contribution in [2.75, 3.05) is 0 Å². The number of aryl methyl sites for hydroxylation is 2. The van der Waals surface area contributed by atoms with Crippen molar-refractivity contribution in [2.24, 2.45) is 0 Å². The molecule has 1 radical (unpaired) electrons. The number of rotatable bonds is 4. The summed E-state index contributed by atoms with van der Waals surface area (Å²) in [5.41, 5.74) is 7.49. The Morgan fingerprint density at radius 2 is 1.74 bits per heavy atom. The van der Waals surface area contributed by atoms with Crippen molar-refractivity contribution >= 4 is 16.8 Å². The van der Waals surface area contributed by atoms with Gasteiger partial charge < -0.3 is 14.5 Å². The zero-order chi connectivity index (χ0) is 24.1. The summed E-state index contributed by atoms with van der Waals surface area (Å²) in [6.45, 7) is 11.4. The number of benzene rings is 2. The smallest absolute Gasteiger partial charge is 0.155 e. The first-order valence-electron chi connectivity index (χ1n) is 11.0. The number of aromatic nitrogens is 1. The third kappa shape index (κ3) is 7.24. The van der Waals surface area contributed by atoms with E-state index >= 15 is 0 Å². The van der Waals surface area contributed by atoms with Crippen LogP contribution in [0, 0.1) is 19.9 Å². The third-order valence-corrected chi connectivity index (χ3v) is 5.10. The van der Waals surface area contributed by atoms with E-state index < -0.39 is 0 Å². The second-order valence-electron chi connectivity index (χ2n) is 8.65. The summed E-state index contributed by atoms with van der Waals surface area (Å²) in [5, 5.41) is 9.38. The summed E-state index contributed by atoms with van der Waals surface area (Å²) in [7, 11) is 0. The topological polar surface area (TPSA) is 63.3 Å². The number of pyridine rings is 1. The van der Waals surface area contributed by atoms with Gasteiger partial charge in [0.2, 0.25) is 0 Å². The molecule has 0 atom stereocenters. The maximum Gasteiger partial charge on any atom is 0.155 e. The molecular weight excluding hydrogens is 603 g/mol. The van der Waals surface area contributed by atoms with Gasteiger partial charge in [0.25, 0.3) is 0 Å². The number of hydrogen-bond donors (Lipinski definition) is 1. The Kier molecular flexibility index (Phi) is 9.55. The second-order valence-corrected chi connectivity index (χ2v) is 8.65. The number of fused-ring (bicyclic) bond motifs is 1. The average Bonchev–Trinajstić information content (AvgIpc) is 3.16. The molecule has 179 valence electrons. The van der Waals surface area contributed by atoms with E-state index in [1.165, 1.54) is 31.1 Å². The van der Waals surface area contributed by atoms with E-state index in [0.717, 1.165) is 39.1 Å². The summed E-state index contributed by atoms with van der Waals surface area (Å²) in [6, 6.07) is 20.3. The van der Waals surface area contributed by atoms with Crippen molar-refractivity contribution in [2.45, 2.75) is 47.5 Å². The molecule has 2 aromatic heterocycles. The number of ketones is 1. The van der Waals surface area contributed by atoms with Gasteiger partial charge in [-0.1, -0.05) is 52.0 Å². The van der Waals surface area contributed by atoms with E-state index in [1.807, 2.05) is 12.3 Å². The number of allylic oxidation sites excluding steroid dienone is 2. The van der Waals surface area contributed by atoms with Crippen molar-refractivity contribution in [3.63, 3.8) is 0 Å². The molecule has 0 saturated carbocycles. The fraction of sp³-hybridized carbons (Fsp3) is 0.241. The van der Waals surface area contributed by atoms with Crippen LogP contribution in [0.3, 0.4) is 0 Å². The molecule has 0 fully saturated rings. The first kappa shape index (κ1) is 27.2. The van der Waals surface area contributed by atoms with Crippen LogP contribution in [-0.4, -0.2) is 15.9 Å². The van der Waals surface area contributed by atoms with Gasteiger partial charge in [-0.2, -0.15) is 0 Å². The van der Waals surface area contributed by atoms with Crippen LogP contribution in [0.2, 0.25) is 0 Å². The minimum absolute atomic E-state index is 0. The van der Waals surface area contributed by atoms with Crippen LogP contribution in [0.4, 0.5) is 0 Å². The van der Waals surface area contributed by atoms with Crippen LogP contribution in [0.5, 0.6) is 0 Å². The minimum Gasteiger partial charge on any atom is -0.512 e. The Bertz CT molecular complexity index is 1280. The zero-order valence-electron chi connectivity index (χ0n) is 20.4. The van der Waals surface area contributed by atoms with Gasteiger partial charge in [0.05, 0.1) is 5.76 Å². The molecule has 0 unspecified atom stereocenters. The number of hydrogen-bond acceptors (Lipinski definition) is 4. The first-order valence-corrected chi connectivity index (χ1v) is 11.0. The van der Waals surface area contributed by atoms with Gasteiger partial charge in [-0.05, 0) is 43.2 Å². The van der Waals surface area contributed by atoms with E-state index in [1.54, 1.807) is 0 Å². The van der Waals surface area contributed by atoms with Gasteiger partial charge >= 0.3 is 0 Å². The average molecular weight is 633 g/mol. The molecule has 0 aliphatic rings. The number of nitrogens with zero attached hydrogens (tertiary/aromatic N) is 1. The summed E-state index contributed by atoms with van der Waals surface area (Å²) in [5.74, 6) is 1.34. The van der Waals surface area contributed by atoms with Crippen molar-refractivity contribution in [3.8, 4) is 22.6 Å². The zero-order valence-corrected chi connectivity index (χ0v) is 22.8. The molecule has 0 aliphatic heterocycles. The summed E-state index contributed by atoms with van der Waals surface area (Å²) in [4.78, 5) is 14.6. The molecule has 4 aromatic rings. The van der Waals surface area contributed by atoms with Gasteiger partial charge in [0, 0.05) is 43.3 Å². The molecule has 0 amide bonds. The number of carbonyl (C=O) groups is 1. The predicted molar refractivity (Wildman–Crippen MR) is 134 cm³/mol. The quantitative estimate of drug-likeness (QED) is 0.142. The summed E-state index contributed by atoms with van der Waals surface area (Å²) < 4.78 is 6.12. The summed E-state index contributed by atoms with van der Waals surface area (Å²) >= 11 is 0. The molecule has 0 spiro atoms. The van der Waals surface area contributed by atoms with E-state index in [4.69, 9.17) is 9.52 Å². The van der Waals surface area contributed by atoms with Gasteiger partial charge in [-0.3, -0.25) is 4.79 Å². The van der Waals surface area contributed by atoms with Crippen LogP contribution in [0.1, 0.15) is 50.3 Å². The van der Waals surface area contributed by atoms with Crippen LogP contribution in [-0.2, 0) is 24.9 Å².